The van der Waals surface area contributed by atoms with Gasteiger partial charge in [-0.25, -0.2) is 9.97 Å². The summed E-state index contributed by atoms with van der Waals surface area (Å²) in [6, 6.07) is 1.20. The molecule has 0 saturated carbocycles. The van der Waals surface area contributed by atoms with Crippen LogP contribution in [0.15, 0.2) is 21.5 Å². The second-order valence-electron chi connectivity index (χ2n) is 6.19. The number of pyridine rings is 1. The second-order valence-corrected chi connectivity index (χ2v) is 7.11. The molecule has 3 heterocycles. The largest absolute Gasteiger partial charge is 0.344 e. The monoisotopic (exact) mass is 419 g/mol. The molecule has 0 bridgehead atoms. The number of hydrogen-bond donors (Lipinski definition) is 3. The molecule has 1 unspecified atom stereocenters. The number of carbonyl (C=O) groups excluding carboxylic acids is 2. The van der Waals surface area contributed by atoms with E-state index in [2.05, 4.69) is 41.5 Å². The number of fused-ring (bicyclic) bond motifs is 1. The predicted octanol–water partition coefficient (Wildman–Crippen LogP) is 1.16. The van der Waals surface area contributed by atoms with Gasteiger partial charge < -0.3 is 15.6 Å². The number of halogens is 1. The average molecular weight is 420 g/mol. The highest BCUT2D eigenvalue weighted by Gasteiger charge is 2.28. The Kier molecular flexibility index (Phi) is 5.17. The van der Waals surface area contributed by atoms with Crippen molar-refractivity contribution in [1.82, 2.24) is 20.3 Å². The van der Waals surface area contributed by atoms with Crippen LogP contribution in [-0.4, -0.2) is 32.8 Å². The lowest BCUT2D eigenvalue weighted by Gasteiger charge is -2.24. The standard InChI is InChI=1S/C17H18BrN5O3/c1-8-12(16(25)21-9(2)20-8)3-4-14(24)22-13-6-10-5-11(18)7-19-15(10)23-17(13)26/h5,7,13H,3-4,6H2,1-2H3,(H,22,24)(H,19,23,26)(H,20,21,25). The molecule has 0 radical (unpaired) electrons. The van der Waals surface area contributed by atoms with Crippen molar-refractivity contribution in [1.29, 1.82) is 0 Å². The van der Waals surface area contributed by atoms with Crippen molar-refractivity contribution in [2.24, 2.45) is 0 Å². The van der Waals surface area contributed by atoms with Gasteiger partial charge in [0, 0.05) is 34.8 Å². The van der Waals surface area contributed by atoms with E-state index in [4.69, 9.17) is 0 Å². The summed E-state index contributed by atoms with van der Waals surface area (Å²) in [5, 5.41) is 5.41. The van der Waals surface area contributed by atoms with E-state index in [-0.39, 0.29) is 30.2 Å². The van der Waals surface area contributed by atoms with Gasteiger partial charge in [-0.1, -0.05) is 0 Å². The zero-order valence-electron chi connectivity index (χ0n) is 14.4. The van der Waals surface area contributed by atoms with E-state index in [1.807, 2.05) is 6.07 Å². The number of carbonyl (C=O) groups is 2. The van der Waals surface area contributed by atoms with Crippen LogP contribution >= 0.6 is 15.9 Å². The van der Waals surface area contributed by atoms with E-state index in [1.165, 1.54) is 0 Å². The Balaban J connectivity index is 1.64. The number of nitrogens with one attached hydrogen (secondary N) is 3. The Morgan fingerprint density at radius 2 is 2.15 bits per heavy atom. The minimum atomic E-state index is -0.665. The quantitative estimate of drug-likeness (QED) is 0.687. The molecule has 3 rings (SSSR count). The highest BCUT2D eigenvalue weighted by molar-refractivity contribution is 9.10. The van der Waals surface area contributed by atoms with Gasteiger partial charge in [0.05, 0.1) is 0 Å². The number of aryl methyl sites for hydroxylation is 2. The third-order valence-electron chi connectivity index (χ3n) is 4.19. The Bertz CT molecular complexity index is 940. The van der Waals surface area contributed by atoms with Crippen LogP contribution < -0.4 is 16.2 Å². The van der Waals surface area contributed by atoms with Crippen LogP contribution in [0.2, 0.25) is 0 Å². The molecular formula is C17H18BrN5O3. The molecule has 8 nitrogen and oxygen atoms in total. The number of aromatic nitrogens is 3. The van der Waals surface area contributed by atoms with Crippen LogP contribution in [0, 0.1) is 13.8 Å². The summed E-state index contributed by atoms with van der Waals surface area (Å²) in [4.78, 5) is 47.4. The maximum Gasteiger partial charge on any atom is 0.254 e. The lowest BCUT2D eigenvalue weighted by Crippen LogP contribution is -2.48. The molecule has 0 aromatic carbocycles. The number of amides is 2. The van der Waals surface area contributed by atoms with Gasteiger partial charge in [0.2, 0.25) is 11.8 Å². The Morgan fingerprint density at radius 1 is 1.38 bits per heavy atom. The maximum atomic E-state index is 12.2. The summed E-state index contributed by atoms with van der Waals surface area (Å²) in [6.45, 7) is 3.45. The van der Waals surface area contributed by atoms with Crippen LogP contribution in [0.3, 0.4) is 0 Å². The Morgan fingerprint density at radius 3 is 2.88 bits per heavy atom. The topological polar surface area (TPSA) is 117 Å². The number of hydrogen-bond acceptors (Lipinski definition) is 5. The maximum absolute atomic E-state index is 12.2. The first-order valence-electron chi connectivity index (χ1n) is 8.14. The zero-order chi connectivity index (χ0) is 18.8. The molecule has 0 spiro atoms. The van der Waals surface area contributed by atoms with Crippen molar-refractivity contribution in [3.63, 3.8) is 0 Å². The normalized spacial score (nSPS) is 16.0. The highest BCUT2D eigenvalue weighted by atomic mass is 79.9. The van der Waals surface area contributed by atoms with Gasteiger partial charge in [-0.2, -0.15) is 0 Å². The van der Waals surface area contributed by atoms with Gasteiger partial charge in [-0.05, 0) is 47.8 Å². The predicted molar refractivity (Wildman–Crippen MR) is 98.9 cm³/mol. The van der Waals surface area contributed by atoms with Crippen molar-refractivity contribution in [2.75, 3.05) is 5.32 Å². The molecule has 9 heteroatoms. The SMILES string of the molecule is Cc1nc(C)c(CCC(=O)NC2Cc3cc(Br)cnc3NC2=O)c(=O)[nH]1. The highest BCUT2D eigenvalue weighted by Crippen LogP contribution is 2.23. The summed E-state index contributed by atoms with van der Waals surface area (Å²) in [5.74, 6) is 0.456. The fraction of sp³-hybridized carbons (Fsp3) is 0.353. The summed E-state index contributed by atoms with van der Waals surface area (Å²) >= 11 is 3.34. The average Bonchev–Trinajstić information content (AvgIpc) is 2.55. The number of nitrogens with zero attached hydrogens (tertiary/aromatic N) is 2. The van der Waals surface area contributed by atoms with E-state index < -0.39 is 6.04 Å². The third kappa shape index (κ3) is 3.98. The molecular weight excluding hydrogens is 402 g/mol. The van der Waals surface area contributed by atoms with E-state index >= 15 is 0 Å². The third-order valence-corrected chi connectivity index (χ3v) is 4.63. The van der Waals surface area contributed by atoms with E-state index in [0.717, 1.165) is 10.0 Å². The van der Waals surface area contributed by atoms with E-state index in [0.29, 0.717) is 29.3 Å². The number of aromatic amines is 1. The van der Waals surface area contributed by atoms with Gasteiger partial charge in [-0.3, -0.25) is 14.4 Å². The van der Waals surface area contributed by atoms with Gasteiger partial charge in [-0.15, -0.1) is 0 Å². The molecule has 1 aliphatic heterocycles. The van der Waals surface area contributed by atoms with Crippen molar-refractivity contribution in [3.05, 3.63) is 49.7 Å². The zero-order valence-corrected chi connectivity index (χ0v) is 15.9. The number of rotatable bonds is 4. The van der Waals surface area contributed by atoms with Gasteiger partial charge in [0.15, 0.2) is 0 Å². The van der Waals surface area contributed by atoms with Gasteiger partial charge >= 0.3 is 0 Å². The molecule has 1 atom stereocenters. The minimum absolute atomic E-state index is 0.0992. The van der Waals surface area contributed by atoms with E-state index in [9.17, 15) is 14.4 Å². The molecule has 26 heavy (non-hydrogen) atoms. The fourth-order valence-electron chi connectivity index (χ4n) is 2.93. The molecule has 136 valence electrons. The molecule has 1 aliphatic rings. The molecule has 0 aliphatic carbocycles. The first-order valence-corrected chi connectivity index (χ1v) is 8.94. The lowest BCUT2D eigenvalue weighted by molar-refractivity contribution is -0.126. The first-order chi connectivity index (χ1) is 12.3. The minimum Gasteiger partial charge on any atom is -0.344 e. The van der Waals surface area contributed by atoms with Crippen LogP contribution in [0.1, 0.15) is 29.1 Å². The summed E-state index contributed by atoms with van der Waals surface area (Å²) < 4.78 is 0.805. The summed E-state index contributed by atoms with van der Waals surface area (Å²) in [5.41, 5.74) is 1.71. The Hall–Kier alpha value is -2.55. The molecule has 2 amide bonds. The van der Waals surface area contributed by atoms with Crippen molar-refractivity contribution >= 4 is 33.6 Å². The molecule has 0 fully saturated rings. The van der Waals surface area contributed by atoms with Crippen LogP contribution in [-0.2, 0) is 22.4 Å². The van der Waals surface area contributed by atoms with Crippen molar-refractivity contribution in [3.8, 4) is 0 Å². The van der Waals surface area contributed by atoms with Crippen molar-refractivity contribution in [2.45, 2.75) is 39.2 Å². The second kappa shape index (κ2) is 7.36. The number of H-pyrrole nitrogens is 1. The smallest absolute Gasteiger partial charge is 0.254 e. The molecule has 3 N–H and O–H groups in total. The summed E-state index contributed by atoms with van der Waals surface area (Å²) in [6.07, 6.45) is 2.33. The molecule has 2 aromatic rings. The molecule has 2 aromatic heterocycles. The van der Waals surface area contributed by atoms with E-state index in [1.54, 1.807) is 20.0 Å². The van der Waals surface area contributed by atoms with Crippen LogP contribution in [0.4, 0.5) is 5.82 Å². The molecule has 0 saturated heterocycles. The Labute approximate surface area is 158 Å². The first kappa shape index (κ1) is 18.2. The number of anilines is 1. The fourth-order valence-corrected chi connectivity index (χ4v) is 3.31. The van der Waals surface area contributed by atoms with Gasteiger partial charge in [0.1, 0.15) is 17.7 Å². The summed E-state index contributed by atoms with van der Waals surface area (Å²) in [7, 11) is 0. The lowest BCUT2D eigenvalue weighted by atomic mass is 10.0. The van der Waals surface area contributed by atoms with Crippen LogP contribution in [0.25, 0.3) is 0 Å². The van der Waals surface area contributed by atoms with Crippen LogP contribution in [0.5, 0.6) is 0 Å². The van der Waals surface area contributed by atoms with Crippen molar-refractivity contribution < 1.29 is 9.59 Å². The van der Waals surface area contributed by atoms with Gasteiger partial charge in [0.25, 0.3) is 5.56 Å².